The molecule has 0 aliphatic carbocycles. The van der Waals surface area contributed by atoms with Crippen molar-refractivity contribution in [2.24, 2.45) is 5.11 Å². The van der Waals surface area contributed by atoms with Gasteiger partial charge >= 0.3 is 0 Å². The predicted octanol–water partition coefficient (Wildman–Crippen LogP) is 1.57. The summed E-state index contributed by atoms with van der Waals surface area (Å²) >= 11 is 0. The maximum Gasteiger partial charge on any atom is 0.180 e. The second-order valence-corrected chi connectivity index (χ2v) is 1.98. The van der Waals surface area contributed by atoms with Crippen molar-refractivity contribution < 1.29 is 5.21 Å². The summed E-state index contributed by atoms with van der Waals surface area (Å²) in [6.07, 6.45) is 1.52. The lowest BCUT2D eigenvalue weighted by molar-refractivity contribution is 0.276. The quantitative estimate of drug-likeness (QED) is 0.499. The SMILES string of the molecule is CN(O)c1ncccc1N=N. The average molecular weight is 152 g/mol. The first-order chi connectivity index (χ1) is 5.25. The second-order valence-electron chi connectivity index (χ2n) is 1.98. The Morgan fingerprint density at radius 2 is 2.45 bits per heavy atom. The molecule has 0 amide bonds. The van der Waals surface area contributed by atoms with Gasteiger partial charge in [0.25, 0.3) is 0 Å². The molecule has 1 aromatic heterocycles. The molecule has 0 saturated heterocycles. The van der Waals surface area contributed by atoms with Gasteiger partial charge in [0.05, 0.1) is 0 Å². The zero-order valence-electron chi connectivity index (χ0n) is 6.02. The first kappa shape index (κ1) is 7.62. The van der Waals surface area contributed by atoms with E-state index in [0.717, 1.165) is 5.06 Å². The van der Waals surface area contributed by atoms with E-state index in [0.29, 0.717) is 5.69 Å². The molecule has 0 aromatic carbocycles. The van der Waals surface area contributed by atoms with Gasteiger partial charge in [0.2, 0.25) is 0 Å². The van der Waals surface area contributed by atoms with Crippen molar-refractivity contribution in [1.29, 1.82) is 5.53 Å². The molecule has 0 fully saturated rings. The van der Waals surface area contributed by atoms with Crippen LogP contribution in [0, 0.1) is 5.53 Å². The van der Waals surface area contributed by atoms with Crippen LogP contribution < -0.4 is 5.06 Å². The van der Waals surface area contributed by atoms with Gasteiger partial charge in [0.1, 0.15) is 5.69 Å². The molecule has 5 nitrogen and oxygen atoms in total. The average Bonchev–Trinajstić information content (AvgIpc) is 2.04. The molecule has 0 spiro atoms. The molecule has 1 rings (SSSR count). The summed E-state index contributed by atoms with van der Waals surface area (Å²) in [6, 6.07) is 3.25. The molecule has 11 heavy (non-hydrogen) atoms. The van der Waals surface area contributed by atoms with Crippen molar-refractivity contribution in [3.05, 3.63) is 18.3 Å². The van der Waals surface area contributed by atoms with Gasteiger partial charge in [-0.15, -0.1) is 0 Å². The number of hydrogen-bond acceptors (Lipinski definition) is 5. The third-order valence-corrected chi connectivity index (χ3v) is 1.19. The number of pyridine rings is 1. The van der Waals surface area contributed by atoms with E-state index in [-0.39, 0.29) is 5.82 Å². The Kier molecular flexibility index (Phi) is 2.12. The lowest BCUT2D eigenvalue weighted by Gasteiger charge is -2.09. The fraction of sp³-hybridized carbons (Fsp3) is 0.167. The van der Waals surface area contributed by atoms with Crippen LogP contribution in [0.3, 0.4) is 0 Å². The predicted molar refractivity (Wildman–Crippen MR) is 39.2 cm³/mol. The second kappa shape index (κ2) is 3.07. The molecule has 0 radical (unpaired) electrons. The smallest absolute Gasteiger partial charge is 0.180 e. The zero-order chi connectivity index (χ0) is 8.27. The van der Waals surface area contributed by atoms with Crippen molar-refractivity contribution in [1.82, 2.24) is 4.98 Å². The third-order valence-electron chi connectivity index (χ3n) is 1.19. The normalized spacial score (nSPS) is 9.27. The molecule has 0 aliphatic rings. The Morgan fingerprint density at radius 1 is 1.73 bits per heavy atom. The van der Waals surface area contributed by atoms with Crippen LogP contribution in [0.4, 0.5) is 11.5 Å². The topological polar surface area (TPSA) is 72.6 Å². The van der Waals surface area contributed by atoms with E-state index in [4.69, 9.17) is 10.7 Å². The molecule has 0 atom stereocenters. The lowest BCUT2D eigenvalue weighted by atomic mass is 10.4. The first-order valence-corrected chi connectivity index (χ1v) is 3.01. The summed E-state index contributed by atoms with van der Waals surface area (Å²) in [5, 5.41) is 13.0. The van der Waals surface area contributed by atoms with E-state index in [1.165, 1.54) is 13.2 Å². The van der Waals surface area contributed by atoms with Gasteiger partial charge < -0.3 is 0 Å². The first-order valence-electron chi connectivity index (χ1n) is 3.01. The standard InChI is InChI=1S/C6H8N4O/c1-10(11)6-5(9-7)3-2-4-8-6/h2-4,7,11H,1H3. The number of rotatable bonds is 2. The molecule has 1 heterocycles. The number of aromatic nitrogens is 1. The van der Waals surface area contributed by atoms with Crippen LogP contribution in [-0.2, 0) is 0 Å². The lowest BCUT2D eigenvalue weighted by Crippen LogP contribution is -2.11. The minimum Gasteiger partial charge on any atom is -0.287 e. The van der Waals surface area contributed by atoms with Gasteiger partial charge in [-0.2, -0.15) is 5.11 Å². The molecule has 58 valence electrons. The summed E-state index contributed by atoms with van der Waals surface area (Å²) < 4.78 is 0. The van der Waals surface area contributed by atoms with Crippen LogP contribution in [-0.4, -0.2) is 17.2 Å². The summed E-state index contributed by atoms with van der Waals surface area (Å²) in [4.78, 5) is 3.81. The fourth-order valence-corrected chi connectivity index (χ4v) is 0.725. The van der Waals surface area contributed by atoms with Crippen LogP contribution >= 0.6 is 0 Å². The molecular weight excluding hydrogens is 144 g/mol. The summed E-state index contributed by atoms with van der Waals surface area (Å²) in [6.45, 7) is 0. The number of hydroxylamine groups is 1. The van der Waals surface area contributed by atoms with Gasteiger partial charge in [0, 0.05) is 13.2 Å². The highest BCUT2D eigenvalue weighted by Gasteiger charge is 2.03. The molecule has 2 N–H and O–H groups in total. The Morgan fingerprint density at radius 3 is 2.91 bits per heavy atom. The number of hydrogen-bond donors (Lipinski definition) is 2. The van der Waals surface area contributed by atoms with Gasteiger partial charge in [0.15, 0.2) is 5.82 Å². The highest BCUT2D eigenvalue weighted by Crippen LogP contribution is 2.22. The van der Waals surface area contributed by atoms with E-state index in [9.17, 15) is 0 Å². The van der Waals surface area contributed by atoms with Gasteiger partial charge in [-0.25, -0.2) is 15.6 Å². The highest BCUT2D eigenvalue weighted by molar-refractivity contribution is 5.58. The van der Waals surface area contributed by atoms with Crippen LogP contribution in [0.2, 0.25) is 0 Å². The molecule has 0 unspecified atom stereocenters. The molecule has 1 aromatic rings. The van der Waals surface area contributed by atoms with E-state index in [2.05, 4.69) is 10.1 Å². The molecule has 0 saturated carbocycles. The minimum absolute atomic E-state index is 0.280. The largest absolute Gasteiger partial charge is 0.287 e. The molecule has 0 bridgehead atoms. The van der Waals surface area contributed by atoms with Gasteiger partial charge in [-0.05, 0) is 12.1 Å². The Labute approximate surface area is 63.8 Å². The summed E-state index contributed by atoms with van der Waals surface area (Å²) in [5.74, 6) is 0.280. The Bertz CT molecular complexity index is 261. The van der Waals surface area contributed by atoms with E-state index < -0.39 is 0 Å². The van der Waals surface area contributed by atoms with Crippen molar-refractivity contribution in [3.63, 3.8) is 0 Å². The van der Waals surface area contributed by atoms with Crippen LogP contribution in [0.25, 0.3) is 0 Å². The third kappa shape index (κ3) is 1.50. The summed E-state index contributed by atoms with van der Waals surface area (Å²) in [7, 11) is 1.43. The minimum atomic E-state index is 0.280. The fourth-order valence-electron chi connectivity index (χ4n) is 0.725. The summed E-state index contributed by atoms with van der Waals surface area (Å²) in [5.41, 5.74) is 7.07. The molecule has 5 heteroatoms. The van der Waals surface area contributed by atoms with Crippen molar-refractivity contribution in [2.75, 3.05) is 12.1 Å². The van der Waals surface area contributed by atoms with Crippen LogP contribution in [0.5, 0.6) is 0 Å². The van der Waals surface area contributed by atoms with Gasteiger partial charge in [-0.1, -0.05) is 0 Å². The van der Waals surface area contributed by atoms with Crippen molar-refractivity contribution >= 4 is 11.5 Å². The van der Waals surface area contributed by atoms with E-state index in [1.807, 2.05) is 0 Å². The zero-order valence-corrected chi connectivity index (χ0v) is 6.02. The monoisotopic (exact) mass is 152 g/mol. The number of anilines is 1. The van der Waals surface area contributed by atoms with E-state index >= 15 is 0 Å². The van der Waals surface area contributed by atoms with Gasteiger partial charge in [-0.3, -0.25) is 5.21 Å². The van der Waals surface area contributed by atoms with Crippen molar-refractivity contribution in [2.45, 2.75) is 0 Å². The molecular formula is C6H8N4O. The van der Waals surface area contributed by atoms with Crippen LogP contribution in [0.15, 0.2) is 23.4 Å². The van der Waals surface area contributed by atoms with Crippen molar-refractivity contribution in [3.8, 4) is 0 Å². The Balaban J connectivity index is 3.12. The van der Waals surface area contributed by atoms with E-state index in [1.54, 1.807) is 12.1 Å². The maximum atomic E-state index is 8.96. The van der Waals surface area contributed by atoms with Crippen LogP contribution in [0.1, 0.15) is 0 Å². The number of nitrogens with zero attached hydrogens (tertiary/aromatic N) is 3. The molecule has 0 aliphatic heterocycles. The Hall–Kier alpha value is -1.49. The highest BCUT2D eigenvalue weighted by atomic mass is 16.5. The number of nitrogens with one attached hydrogen (secondary N) is 1. The maximum absolute atomic E-state index is 8.96.